The lowest BCUT2D eigenvalue weighted by atomic mass is 9.79. The van der Waals surface area contributed by atoms with Gasteiger partial charge in [-0.25, -0.2) is 13.1 Å². The number of rotatable bonds is 5. The van der Waals surface area contributed by atoms with Crippen LogP contribution in [-0.2, 0) is 21.2 Å². The summed E-state index contributed by atoms with van der Waals surface area (Å²) in [6.07, 6.45) is 4.23. The Kier molecular flexibility index (Phi) is 6.32. The topological polar surface area (TPSA) is 90.9 Å². The highest BCUT2D eigenvalue weighted by Gasteiger charge is 2.35. The van der Waals surface area contributed by atoms with Gasteiger partial charge in [0.1, 0.15) is 5.84 Å². The summed E-state index contributed by atoms with van der Waals surface area (Å²) in [5, 5.41) is 3.04. The van der Waals surface area contributed by atoms with Crippen LogP contribution in [0.3, 0.4) is 0 Å². The van der Waals surface area contributed by atoms with E-state index in [4.69, 9.17) is 4.99 Å². The highest BCUT2D eigenvalue weighted by molar-refractivity contribution is 7.89. The summed E-state index contributed by atoms with van der Waals surface area (Å²) in [6.45, 7) is 1.67. The van der Waals surface area contributed by atoms with Crippen LogP contribution in [0.2, 0.25) is 0 Å². The number of likely N-dealkylation sites (tertiary alicyclic amines) is 1. The standard InChI is InChI=1S/C25H30N4O3S/c30-25(27-24-16-22-21-9-5-4-6-18(21)10-11-23(22)26-24)17-29-14-12-19(13-15-29)28-33(31,32)20-7-2-1-3-8-20/h1-9,19,22-23,28H,10-17H2,(H,26,27,30). The van der Waals surface area contributed by atoms with Crippen LogP contribution in [0, 0.1) is 0 Å². The van der Waals surface area contributed by atoms with Crippen molar-refractivity contribution in [3.63, 3.8) is 0 Å². The van der Waals surface area contributed by atoms with Gasteiger partial charge < -0.3 is 5.32 Å². The second kappa shape index (κ2) is 9.37. The average Bonchev–Trinajstić information content (AvgIpc) is 3.23. The molecule has 2 heterocycles. The van der Waals surface area contributed by atoms with Gasteiger partial charge in [0.25, 0.3) is 0 Å². The van der Waals surface area contributed by atoms with Gasteiger partial charge in [-0.05, 0) is 48.9 Å². The molecule has 2 aromatic carbocycles. The third-order valence-electron chi connectivity index (χ3n) is 6.98. The number of benzene rings is 2. The smallest absolute Gasteiger partial charge is 0.240 e. The van der Waals surface area contributed by atoms with Crippen LogP contribution in [0.4, 0.5) is 0 Å². The zero-order valence-corrected chi connectivity index (χ0v) is 19.4. The Morgan fingerprint density at radius 1 is 1.00 bits per heavy atom. The van der Waals surface area contributed by atoms with Crippen LogP contribution in [0.1, 0.15) is 42.7 Å². The van der Waals surface area contributed by atoms with Gasteiger partial charge in [-0.2, -0.15) is 0 Å². The number of nitrogens with zero attached hydrogens (tertiary/aromatic N) is 2. The number of aryl methyl sites for hydroxylation is 1. The van der Waals surface area contributed by atoms with E-state index in [-0.39, 0.29) is 22.9 Å². The van der Waals surface area contributed by atoms with Crippen LogP contribution in [0.5, 0.6) is 0 Å². The maximum absolute atomic E-state index is 12.7. The Bertz CT molecular complexity index is 1140. The second-order valence-electron chi connectivity index (χ2n) is 9.22. The molecule has 0 bridgehead atoms. The van der Waals surface area contributed by atoms with Gasteiger partial charge >= 0.3 is 0 Å². The fourth-order valence-electron chi connectivity index (χ4n) is 5.28. The van der Waals surface area contributed by atoms with E-state index in [2.05, 4.69) is 39.2 Å². The van der Waals surface area contributed by atoms with Gasteiger partial charge in [0, 0.05) is 31.5 Å². The van der Waals surface area contributed by atoms with E-state index in [1.54, 1.807) is 30.3 Å². The quantitative estimate of drug-likeness (QED) is 0.708. The van der Waals surface area contributed by atoms with Crippen molar-refractivity contribution in [3.8, 4) is 0 Å². The van der Waals surface area contributed by atoms with Crippen molar-refractivity contribution >= 4 is 21.8 Å². The number of aliphatic imine (C=N–C) groups is 1. The van der Waals surface area contributed by atoms with Crippen LogP contribution in [0.15, 0.2) is 64.5 Å². The van der Waals surface area contributed by atoms with Crippen LogP contribution in [-0.4, -0.2) is 56.8 Å². The highest BCUT2D eigenvalue weighted by Crippen LogP contribution is 2.39. The Morgan fingerprint density at radius 2 is 1.73 bits per heavy atom. The van der Waals surface area contributed by atoms with Crippen LogP contribution < -0.4 is 10.0 Å². The van der Waals surface area contributed by atoms with E-state index in [0.717, 1.165) is 25.1 Å². The first kappa shape index (κ1) is 22.3. The lowest BCUT2D eigenvalue weighted by molar-refractivity contribution is -0.121. The summed E-state index contributed by atoms with van der Waals surface area (Å²) < 4.78 is 27.9. The molecule has 5 rings (SSSR count). The maximum atomic E-state index is 12.7. The maximum Gasteiger partial charge on any atom is 0.240 e. The van der Waals surface area contributed by atoms with Crippen LogP contribution >= 0.6 is 0 Å². The van der Waals surface area contributed by atoms with Crippen molar-refractivity contribution in [1.82, 2.24) is 14.9 Å². The lowest BCUT2D eigenvalue weighted by Gasteiger charge is -2.31. The minimum Gasteiger partial charge on any atom is -0.313 e. The van der Waals surface area contributed by atoms with Gasteiger partial charge in [-0.15, -0.1) is 0 Å². The number of hydrogen-bond acceptors (Lipinski definition) is 5. The zero-order chi connectivity index (χ0) is 22.8. The molecule has 0 saturated carbocycles. The highest BCUT2D eigenvalue weighted by atomic mass is 32.2. The molecule has 1 amide bonds. The second-order valence-corrected chi connectivity index (χ2v) is 10.9. The molecule has 1 saturated heterocycles. The molecule has 8 heteroatoms. The number of amidine groups is 1. The predicted octanol–water partition coefficient (Wildman–Crippen LogP) is 2.45. The van der Waals surface area contributed by atoms with Gasteiger partial charge in [-0.1, -0.05) is 42.5 Å². The molecule has 2 aromatic rings. The first-order valence-corrected chi connectivity index (χ1v) is 13.2. The largest absolute Gasteiger partial charge is 0.313 e. The Labute approximate surface area is 195 Å². The molecule has 0 aromatic heterocycles. The van der Waals surface area contributed by atoms with E-state index in [1.807, 2.05) is 0 Å². The molecule has 3 aliphatic rings. The molecule has 2 atom stereocenters. The molecule has 1 fully saturated rings. The predicted molar refractivity (Wildman–Crippen MR) is 128 cm³/mol. The van der Waals surface area contributed by atoms with Crippen molar-refractivity contribution in [2.24, 2.45) is 4.99 Å². The van der Waals surface area contributed by atoms with Gasteiger partial charge in [0.05, 0.1) is 17.5 Å². The van der Waals surface area contributed by atoms with E-state index in [0.29, 0.717) is 38.4 Å². The Morgan fingerprint density at radius 3 is 2.52 bits per heavy atom. The van der Waals surface area contributed by atoms with E-state index in [9.17, 15) is 13.2 Å². The number of hydrogen-bond donors (Lipinski definition) is 2. The van der Waals surface area contributed by atoms with Crippen molar-refractivity contribution in [2.45, 2.75) is 55.0 Å². The molecule has 2 N–H and O–H groups in total. The molecule has 174 valence electrons. The number of nitrogens with one attached hydrogen (secondary N) is 2. The van der Waals surface area contributed by atoms with Crippen LogP contribution in [0.25, 0.3) is 0 Å². The minimum atomic E-state index is -3.51. The minimum absolute atomic E-state index is 0.0380. The summed E-state index contributed by atoms with van der Waals surface area (Å²) in [5.74, 6) is 1.14. The SMILES string of the molecule is O=C(CN1CCC(NS(=O)(=O)c2ccccc2)CC1)NC1=NC2CCc3ccccc3C2C1. The number of sulfonamides is 1. The van der Waals surface area contributed by atoms with Gasteiger partial charge in [-0.3, -0.25) is 14.7 Å². The first-order valence-electron chi connectivity index (χ1n) is 11.7. The molecule has 0 radical (unpaired) electrons. The summed E-state index contributed by atoms with van der Waals surface area (Å²) >= 11 is 0. The normalized spacial score (nSPS) is 23.5. The zero-order valence-electron chi connectivity index (χ0n) is 18.6. The van der Waals surface area contributed by atoms with E-state index < -0.39 is 10.0 Å². The molecule has 33 heavy (non-hydrogen) atoms. The third-order valence-corrected chi connectivity index (χ3v) is 8.51. The van der Waals surface area contributed by atoms with Gasteiger partial charge in [0.2, 0.25) is 15.9 Å². The third kappa shape index (κ3) is 5.03. The molecule has 7 nitrogen and oxygen atoms in total. The number of amides is 1. The van der Waals surface area contributed by atoms with Gasteiger partial charge in [0.15, 0.2) is 0 Å². The summed E-state index contributed by atoms with van der Waals surface area (Å²) in [4.78, 5) is 19.8. The van der Waals surface area contributed by atoms with Crippen molar-refractivity contribution in [3.05, 3.63) is 65.7 Å². The number of fused-ring (bicyclic) bond motifs is 3. The average molecular weight is 467 g/mol. The molecular formula is C25H30N4O3S. The lowest BCUT2D eigenvalue weighted by Crippen LogP contribution is -2.47. The van der Waals surface area contributed by atoms with Crippen molar-refractivity contribution in [1.29, 1.82) is 0 Å². The fourth-order valence-corrected chi connectivity index (χ4v) is 6.61. The molecule has 2 unspecified atom stereocenters. The van der Waals surface area contributed by atoms with Crippen molar-refractivity contribution in [2.75, 3.05) is 19.6 Å². The first-order chi connectivity index (χ1) is 16.0. The monoisotopic (exact) mass is 466 g/mol. The summed E-state index contributed by atoms with van der Waals surface area (Å²) in [6, 6.07) is 17.2. The molecule has 1 aliphatic carbocycles. The molecule has 0 spiro atoms. The van der Waals surface area contributed by atoms with E-state index in [1.165, 1.54) is 11.1 Å². The number of carbonyl (C=O) groups excluding carboxylic acids is 1. The van der Waals surface area contributed by atoms with Crippen molar-refractivity contribution < 1.29 is 13.2 Å². The Hall–Kier alpha value is -2.55. The summed E-state index contributed by atoms with van der Waals surface area (Å²) in [7, 11) is -3.51. The number of piperidine rings is 1. The molecular weight excluding hydrogens is 436 g/mol. The Balaban J connectivity index is 1.09. The fraction of sp³-hybridized carbons (Fsp3) is 0.440. The molecule has 2 aliphatic heterocycles. The van der Waals surface area contributed by atoms with E-state index >= 15 is 0 Å². The summed E-state index contributed by atoms with van der Waals surface area (Å²) in [5.41, 5.74) is 2.79. The number of carbonyl (C=O) groups is 1.